The number of alkyl halides is 2. The van der Waals surface area contributed by atoms with Crippen LogP contribution in [0.5, 0.6) is 5.75 Å². The third-order valence-corrected chi connectivity index (χ3v) is 3.40. The van der Waals surface area contributed by atoms with Gasteiger partial charge in [-0.25, -0.2) is 8.78 Å². The Labute approximate surface area is 138 Å². The Morgan fingerprint density at radius 2 is 1.79 bits per heavy atom. The van der Waals surface area contributed by atoms with Gasteiger partial charge in [0.15, 0.2) is 5.71 Å². The Bertz CT molecular complexity index is 836. The van der Waals surface area contributed by atoms with Crippen LogP contribution in [0.25, 0.3) is 11.1 Å². The molecule has 0 aromatic heterocycles. The van der Waals surface area contributed by atoms with Gasteiger partial charge >= 0.3 is 10.1 Å². The van der Waals surface area contributed by atoms with Crippen LogP contribution >= 0.6 is 0 Å². The van der Waals surface area contributed by atoms with E-state index < -0.39 is 22.3 Å². The fourth-order valence-electron chi connectivity index (χ4n) is 2.04. The summed E-state index contributed by atoms with van der Waals surface area (Å²) in [4.78, 5) is 0. The van der Waals surface area contributed by atoms with Crippen molar-refractivity contribution >= 4 is 15.8 Å². The number of hydrogen-bond acceptors (Lipinski definition) is 5. The SMILES string of the molecule is COc1ccc(C(=NOS(C)(=O)=O)C(F)F)cc1-c1ccccc1. The highest BCUT2D eigenvalue weighted by Crippen LogP contribution is 2.31. The third-order valence-electron chi connectivity index (χ3n) is 3.06. The summed E-state index contributed by atoms with van der Waals surface area (Å²) in [5, 5.41) is 3.09. The average Bonchev–Trinajstić information content (AvgIpc) is 2.54. The molecule has 2 rings (SSSR count). The quantitative estimate of drug-likeness (QED) is 0.589. The van der Waals surface area contributed by atoms with E-state index in [1.807, 2.05) is 6.07 Å². The second kappa shape index (κ2) is 7.39. The molecule has 0 bridgehead atoms. The molecule has 0 saturated heterocycles. The lowest BCUT2D eigenvalue weighted by Crippen LogP contribution is -2.14. The van der Waals surface area contributed by atoms with Gasteiger partial charge in [-0.1, -0.05) is 35.5 Å². The van der Waals surface area contributed by atoms with E-state index in [4.69, 9.17) is 4.74 Å². The molecule has 2 aromatic carbocycles. The normalized spacial score (nSPS) is 12.3. The van der Waals surface area contributed by atoms with Crippen molar-refractivity contribution in [2.24, 2.45) is 5.16 Å². The van der Waals surface area contributed by atoms with Gasteiger partial charge in [0.05, 0.1) is 13.4 Å². The van der Waals surface area contributed by atoms with Crippen LogP contribution in [-0.2, 0) is 14.4 Å². The first-order chi connectivity index (χ1) is 11.3. The maximum atomic E-state index is 13.2. The second-order valence-corrected chi connectivity index (χ2v) is 6.39. The molecule has 0 N–H and O–H groups in total. The molecule has 2 aromatic rings. The summed E-state index contributed by atoms with van der Waals surface area (Å²) in [5.41, 5.74) is 0.589. The Morgan fingerprint density at radius 3 is 2.33 bits per heavy atom. The number of nitrogens with zero attached hydrogens (tertiary/aromatic N) is 1. The van der Waals surface area contributed by atoms with E-state index >= 15 is 0 Å². The molecule has 128 valence electrons. The molecule has 0 aliphatic carbocycles. The van der Waals surface area contributed by atoms with Gasteiger partial charge in [0.2, 0.25) is 0 Å². The summed E-state index contributed by atoms with van der Waals surface area (Å²) < 4.78 is 57.9. The zero-order valence-electron chi connectivity index (χ0n) is 12.9. The summed E-state index contributed by atoms with van der Waals surface area (Å²) in [6, 6.07) is 13.4. The molecule has 0 saturated carbocycles. The minimum atomic E-state index is -3.98. The molecule has 0 atom stereocenters. The summed E-state index contributed by atoms with van der Waals surface area (Å²) >= 11 is 0. The number of oxime groups is 1. The lowest BCUT2D eigenvalue weighted by Gasteiger charge is -2.12. The van der Waals surface area contributed by atoms with Crippen LogP contribution in [0, 0.1) is 0 Å². The first-order valence-corrected chi connectivity index (χ1v) is 8.62. The van der Waals surface area contributed by atoms with Crippen LogP contribution < -0.4 is 4.74 Å². The highest BCUT2D eigenvalue weighted by molar-refractivity contribution is 7.85. The van der Waals surface area contributed by atoms with Crippen LogP contribution in [0.3, 0.4) is 0 Å². The van der Waals surface area contributed by atoms with Crippen LogP contribution in [0.2, 0.25) is 0 Å². The zero-order valence-corrected chi connectivity index (χ0v) is 13.8. The van der Waals surface area contributed by atoms with E-state index in [-0.39, 0.29) is 5.56 Å². The van der Waals surface area contributed by atoms with Crippen molar-refractivity contribution in [2.75, 3.05) is 13.4 Å². The Balaban J connectivity index is 2.54. The van der Waals surface area contributed by atoms with E-state index in [0.717, 1.165) is 11.8 Å². The Kier molecular flexibility index (Phi) is 5.50. The lowest BCUT2D eigenvalue weighted by atomic mass is 10.00. The van der Waals surface area contributed by atoms with Gasteiger partial charge in [-0.3, -0.25) is 4.28 Å². The number of halogens is 2. The molecule has 24 heavy (non-hydrogen) atoms. The molecular weight excluding hydrogens is 340 g/mol. The minimum absolute atomic E-state index is 0.0355. The van der Waals surface area contributed by atoms with Gasteiger partial charge in [0, 0.05) is 11.1 Å². The van der Waals surface area contributed by atoms with Crippen molar-refractivity contribution in [1.29, 1.82) is 0 Å². The van der Waals surface area contributed by atoms with E-state index in [1.165, 1.54) is 25.3 Å². The molecule has 0 heterocycles. The Morgan fingerprint density at radius 1 is 1.12 bits per heavy atom. The third kappa shape index (κ3) is 4.51. The number of benzene rings is 2. The van der Waals surface area contributed by atoms with Crippen LogP contribution in [0.4, 0.5) is 8.78 Å². The fraction of sp³-hybridized carbons (Fsp3) is 0.188. The molecule has 0 spiro atoms. The molecule has 0 radical (unpaired) electrons. The van der Waals surface area contributed by atoms with E-state index in [2.05, 4.69) is 9.44 Å². The predicted octanol–water partition coefficient (Wildman–Crippen LogP) is 3.31. The van der Waals surface area contributed by atoms with Crippen LogP contribution in [-0.4, -0.2) is 33.9 Å². The number of ether oxygens (including phenoxy) is 1. The average molecular weight is 355 g/mol. The number of hydrogen-bond donors (Lipinski definition) is 0. The summed E-state index contributed by atoms with van der Waals surface area (Å²) in [7, 11) is -2.51. The highest BCUT2D eigenvalue weighted by Gasteiger charge is 2.20. The van der Waals surface area contributed by atoms with Gasteiger partial charge in [-0.2, -0.15) is 8.42 Å². The van der Waals surface area contributed by atoms with Crippen LogP contribution in [0.15, 0.2) is 53.7 Å². The summed E-state index contributed by atoms with van der Waals surface area (Å²) in [5.74, 6) is 0.489. The van der Waals surface area contributed by atoms with Gasteiger partial charge in [0.1, 0.15) is 5.75 Å². The molecule has 0 aliphatic heterocycles. The topological polar surface area (TPSA) is 65.0 Å². The van der Waals surface area contributed by atoms with Gasteiger partial charge in [0.25, 0.3) is 6.43 Å². The minimum Gasteiger partial charge on any atom is -0.496 e. The zero-order chi connectivity index (χ0) is 17.7. The lowest BCUT2D eigenvalue weighted by molar-refractivity contribution is 0.219. The number of methoxy groups -OCH3 is 1. The largest absolute Gasteiger partial charge is 0.496 e. The summed E-state index contributed by atoms with van der Waals surface area (Å²) in [6.45, 7) is 0. The molecular formula is C16H15F2NO4S. The van der Waals surface area contributed by atoms with Crippen LogP contribution in [0.1, 0.15) is 5.56 Å². The smallest absolute Gasteiger partial charge is 0.325 e. The predicted molar refractivity (Wildman–Crippen MR) is 86.9 cm³/mol. The molecule has 5 nitrogen and oxygen atoms in total. The Hall–Kier alpha value is -2.48. The van der Waals surface area contributed by atoms with Gasteiger partial charge in [-0.15, -0.1) is 0 Å². The molecule has 0 unspecified atom stereocenters. The monoisotopic (exact) mass is 355 g/mol. The van der Waals surface area contributed by atoms with Crippen molar-refractivity contribution in [2.45, 2.75) is 6.43 Å². The fourth-order valence-corrected chi connectivity index (χ4v) is 2.25. The standard InChI is InChI=1S/C16H15F2NO4S/c1-22-14-9-8-12(10-13(14)11-6-4-3-5-7-11)15(16(17)18)19-23-24(2,20)21/h3-10,16H,1-2H3. The van der Waals surface area contributed by atoms with Crippen molar-refractivity contribution < 1.29 is 26.2 Å². The molecule has 8 heteroatoms. The molecule has 0 amide bonds. The van der Waals surface area contributed by atoms with Crippen molar-refractivity contribution in [3.63, 3.8) is 0 Å². The van der Waals surface area contributed by atoms with E-state index in [1.54, 1.807) is 24.3 Å². The second-order valence-electron chi connectivity index (χ2n) is 4.84. The maximum absolute atomic E-state index is 13.2. The van der Waals surface area contributed by atoms with Crippen molar-refractivity contribution in [1.82, 2.24) is 0 Å². The summed E-state index contributed by atoms with van der Waals surface area (Å²) in [6.07, 6.45) is -2.29. The highest BCUT2D eigenvalue weighted by atomic mass is 32.2. The van der Waals surface area contributed by atoms with Gasteiger partial charge in [-0.05, 0) is 23.8 Å². The molecule has 0 aliphatic rings. The van der Waals surface area contributed by atoms with Gasteiger partial charge < -0.3 is 4.74 Å². The molecule has 0 fully saturated rings. The van der Waals surface area contributed by atoms with Crippen molar-refractivity contribution in [3.8, 4) is 16.9 Å². The van der Waals surface area contributed by atoms with E-state index in [0.29, 0.717) is 11.3 Å². The first kappa shape index (κ1) is 17.9. The maximum Gasteiger partial charge on any atom is 0.325 e. The van der Waals surface area contributed by atoms with E-state index in [9.17, 15) is 17.2 Å². The first-order valence-electron chi connectivity index (χ1n) is 6.80. The number of rotatable bonds is 6. The van der Waals surface area contributed by atoms with Crippen molar-refractivity contribution in [3.05, 3.63) is 54.1 Å².